The van der Waals surface area contributed by atoms with Crippen molar-refractivity contribution in [2.45, 2.75) is 56.9 Å². The molecular formula is C14H30N2OS. The number of hydrogen-bond donors (Lipinski definition) is 2. The molecule has 0 amide bonds. The second-order valence-corrected chi connectivity index (χ2v) is 6.61. The van der Waals surface area contributed by atoms with Crippen molar-refractivity contribution in [2.24, 2.45) is 0 Å². The van der Waals surface area contributed by atoms with Gasteiger partial charge in [0.05, 0.1) is 13.2 Å². The van der Waals surface area contributed by atoms with Crippen LogP contribution in [0.5, 0.6) is 0 Å². The second-order valence-electron chi connectivity index (χ2n) is 5.34. The first-order valence-electron chi connectivity index (χ1n) is 7.25. The van der Waals surface area contributed by atoms with E-state index in [0.29, 0.717) is 16.8 Å². The zero-order valence-corrected chi connectivity index (χ0v) is 13.2. The molecule has 0 radical (unpaired) electrons. The van der Waals surface area contributed by atoms with Crippen molar-refractivity contribution in [1.82, 2.24) is 10.6 Å². The summed E-state index contributed by atoms with van der Waals surface area (Å²) in [7, 11) is 0. The van der Waals surface area contributed by atoms with Crippen LogP contribution in [0.15, 0.2) is 0 Å². The maximum absolute atomic E-state index is 5.50. The highest BCUT2D eigenvalue weighted by Gasteiger charge is 2.25. The summed E-state index contributed by atoms with van der Waals surface area (Å²) in [6.45, 7) is 10.7. The van der Waals surface area contributed by atoms with Gasteiger partial charge in [0.1, 0.15) is 0 Å². The van der Waals surface area contributed by atoms with Gasteiger partial charge >= 0.3 is 0 Å². The van der Waals surface area contributed by atoms with Crippen LogP contribution in [0.2, 0.25) is 0 Å². The molecule has 0 aliphatic carbocycles. The van der Waals surface area contributed by atoms with E-state index in [1.807, 2.05) is 11.8 Å². The minimum atomic E-state index is 0.407. The highest BCUT2D eigenvalue weighted by atomic mass is 32.2. The van der Waals surface area contributed by atoms with Crippen molar-refractivity contribution < 1.29 is 4.74 Å². The smallest absolute Gasteiger partial charge is 0.0620 e. The maximum atomic E-state index is 5.50. The normalized spacial score (nSPS) is 23.0. The fourth-order valence-corrected chi connectivity index (χ4v) is 3.31. The second kappa shape index (κ2) is 8.41. The number of nitrogens with one attached hydrogen (secondary N) is 2. The van der Waals surface area contributed by atoms with Crippen molar-refractivity contribution in [3.63, 3.8) is 0 Å². The lowest BCUT2D eigenvalue weighted by Crippen LogP contribution is -2.47. The molecule has 0 aromatic heterocycles. The lowest BCUT2D eigenvalue weighted by atomic mass is 10.0. The Kier molecular flexibility index (Phi) is 7.61. The Morgan fingerprint density at radius 1 is 1.44 bits per heavy atom. The standard InChI is InChI=1S/C14H30N2OS/c1-5-14(6-2,18-4)11-16-12(3)9-13-10-17-8-7-15-13/h12-13,15-16H,5-11H2,1-4H3. The van der Waals surface area contributed by atoms with Crippen molar-refractivity contribution in [1.29, 1.82) is 0 Å². The minimum Gasteiger partial charge on any atom is -0.379 e. The Balaban J connectivity index is 2.28. The SMILES string of the molecule is CCC(CC)(CNC(C)CC1COCCN1)SC. The van der Waals surface area contributed by atoms with Crippen molar-refractivity contribution in [2.75, 3.05) is 32.6 Å². The summed E-state index contributed by atoms with van der Waals surface area (Å²) < 4.78 is 5.90. The molecular weight excluding hydrogens is 244 g/mol. The number of thioether (sulfide) groups is 1. The molecule has 0 spiro atoms. The summed E-state index contributed by atoms with van der Waals surface area (Å²) in [4.78, 5) is 0. The molecule has 0 aromatic carbocycles. The summed E-state index contributed by atoms with van der Waals surface area (Å²) in [5, 5.41) is 7.23. The first kappa shape index (κ1) is 16.3. The predicted octanol–water partition coefficient (Wildman–Crippen LogP) is 2.26. The van der Waals surface area contributed by atoms with Crippen LogP contribution in [0, 0.1) is 0 Å². The predicted molar refractivity (Wildman–Crippen MR) is 81.5 cm³/mol. The Morgan fingerprint density at radius 3 is 2.67 bits per heavy atom. The van der Waals surface area contributed by atoms with E-state index in [4.69, 9.17) is 4.74 Å². The summed E-state index contributed by atoms with van der Waals surface area (Å²) in [5.74, 6) is 0. The highest BCUT2D eigenvalue weighted by Crippen LogP contribution is 2.29. The van der Waals surface area contributed by atoms with Gasteiger partial charge in [0.15, 0.2) is 0 Å². The van der Waals surface area contributed by atoms with Gasteiger partial charge < -0.3 is 15.4 Å². The van der Waals surface area contributed by atoms with E-state index >= 15 is 0 Å². The van der Waals surface area contributed by atoms with Crippen molar-refractivity contribution in [3.8, 4) is 0 Å². The maximum Gasteiger partial charge on any atom is 0.0620 e. The van der Waals surface area contributed by atoms with Crippen LogP contribution in [0.1, 0.15) is 40.0 Å². The number of hydrogen-bond acceptors (Lipinski definition) is 4. The van der Waals surface area contributed by atoms with Crippen LogP contribution in [0.25, 0.3) is 0 Å². The van der Waals surface area contributed by atoms with Crippen LogP contribution >= 0.6 is 11.8 Å². The molecule has 2 atom stereocenters. The van der Waals surface area contributed by atoms with E-state index in [1.165, 1.54) is 12.8 Å². The van der Waals surface area contributed by atoms with Gasteiger partial charge in [-0.3, -0.25) is 0 Å². The Bertz CT molecular complexity index is 208. The van der Waals surface area contributed by atoms with Gasteiger partial charge in [-0.1, -0.05) is 13.8 Å². The molecule has 1 rings (SSSR count). The first-order valence-corrected chi connectivity index (χ1v) is 8.48. The third kappa shape index (κ3) is 5.08. The van der Waals surface area contributed by atoms with Gasteiger partial charge in [-0.15, -0.1) is 0 Å². The van der Waals surface area contributed by atoms with Crippen LogP contribution in [-0.2, 0) is 4.74 Å². The zero-order chi connectivity index (χ0) is 13.4. The lowest BCUT2D eigenvalue weighted by molar-refractivity contribution is 0.0711. The Hall–Kier alpha value is 0.230. The molecule has 1 aliphatic rings. The van der Waals surface area contributed by atoms with Crippen molar-refractivity contribution >= 4 is 11.8 Å². The van der Waals surface area contributed by atoms with Crippen LogP contribution in [0.3, 0.4) is 0 Å². The summed E-state index contributed by atoms with van der Waals surface area (Å²) in [5.41, 5.74) is 0. The average molecular weight is 274 g/mol. The molecule has 1 saturated heterocycles. The van der Waals surface area contributed by atoms with Crippen LogP contribution in [-0.4, -0.2) is 49.4 Å². The molecule has 2 unspecified atom stereocenters. The van der Waals surface area contributed by atoms with Crippen molar-refractivity contribution in [3.05, 3.63) is 0 Å². The summed E-state index contributed by atoms with van der Waals surface area (Å²) >= 11 is 2.00. The molecule has 18 heavy (non-hydrogen) atoms. The monoisotopic (exact) mass is 274 g/mol. The molecule has 0 aromatic rings. The Morgan fingerprint density at radius 2 is 2.17 bits per heavy atom. The first-order chi connectivity index (χ1) is 8.65. The third-order valence-corrected chi connectivity index (χ3v) is 5.72. The van der Waals surface area contributed by atoms with E-state index in [0.717, 1.165) is 32.7 Å². The number of ether oxygens (including phenoxy) is 1. The molecule has 108 valence electrons. The molecule has 1 fully saturated rings. The van der Waals surface area contributed by atoms with Gasteiger partial charge in [-0.25, -0.2) is 0 Å². The quantitative estimate of drug-likeness (QED) is 0.711. The van der Waals surface area contributed by atoms with Gasteiger partial charge in [0.2, 0.25) is 0 Å². The van der Waals surface area contributed by atoms with Crippen LogP contribution < -0.4 is 10.6 Å². The number of rotatable bonds is 8. The molecule has 4 heteroatoms. The fraction of sp³-hybridized carbons (Fsp3) is 1.00. The molecule has 3 nitrogen and oxygen atoms in total. The van der Waals surface area contributed by atoms with E-state index in [9.17, 15) is 0 Å². The largest absolute Gasteiger partial charge is 0.379 e. The topological polar surface area (TPSA) is 33.3 Å². The van der Waals surface area contributed by atoms with Crippen LogP contribution in [0.4, 0.5) is 0 Å². The molecule has 0 saturated carbocycles. The van der Waals surface area contributed by atoms with E-state index < -0.39 is 0 Å². The third-order valence-electron chi connectivity index (χ3n) is 4.13. The fourth-order valence-electron chi connectivity index (χ4n) is 2.50. The minimum absolute atomic E-state index is 0.407. The van der Waals surface area contributed by atoms with Gasteiger partial charge in [-0.05, 0) is 32.4 Å². The highest BCUT2D eigenvalue weighted by molar-refractivity contribution is 8.00. The van der Waals surface area contributed by atoms with E-state index in [2.05, 4.69) is 37.7 Å². The molecule has 1 aliphatic heterocycles. The number of morpholine rings is 1. The lowest BCUT2D eigenvalue weighted by Gasteiger charge is -2.33. The van der Waals surface area contributed by atoms with E-state index in [-0.39, 0.29) is 0 Å². The van der Waals surface area contributed by atoms with Gasteiger partial charge in [0, 0.05) is 29.9 Å². The summed E-state index contributed by atoms with van der Waals surface area (Å²) in [6.07, 6.45) is 5.85. The van der Waals surface area contributed by atoms with Gasteiger partial charge in [-0.2, -0.15) is 11.8 Å². The zero-order valence-electron chi connectivity index (χ0n) is 12.4. The molecule has 1 heterocycles. The van der Waals surface area contributed by atoms with Gasteiger partial charge in [0.25, 0.3) is 0 Å². The Labute approximate surface area is 117 Å². The summed E-state index contributed by atoms with van der Waals surface area (Å²) in [6, 6.07) is 1.07. The molecule has 2 N–H and O–H groups in total. The molecule has 0 bridgehead atoms. The average Bonchev–Trinajstić information content (AvgIpc) is 2.42. The van der Waals surface area contributed by atoms with E-state index in [1.54, 1.807) is 0 Å².